The minimum atomic E-state index is -3.25. The van der Waals surface area contributed by atoms with Gasteiger partial charge in [-0.15, -0.1) is 0 Å². The van der Waals surface area contributed by atoms with Gasteiger partial charge in [0.05, 0.1) is 31.9 Å². The van der Waals surface area contributed by atoms with Crippen LogP contribution < -0.4 is 4.74 Å². The highest BCUT2D eigenvalue weighted by atomic mass is 35.5. The number of fused-ring (bicyclic) bond motifs is 1. The van der Waals surface area contributed by atoms with E-state index in [0.717, 1.165) is 11.3 Å². The lowest BCUT2D eigenvalue weighted by molar-refractivity contribution is 0.482. The van der Waals surface area contributed by atoms with E-state index in [1.165, 1.54) is 0 Å². The second-order valence-corrected chi connectivity index (χ2v) is 9.78. The molecule has 0 aliphatic heterocycles. The van der Waals surface area contributed by atoms with E-state index >= 15 is 0 Å². The van der Waals surface area contributed by atoms with Gasteiger partial charge < -0.3 is 4.74 Å². The van der Waals surface area contributed by atoms with Gasteiger partial charge in [-0.2, -0.15) is 0 Å². The van der Waals surface area contributed by atoms with Crippen LogP contribution in [0.5, 0.6) is 11.5 Å². The van der Waals surface area contributed by atoms with E-state index in [1.807, 2.05) is 29.7 Å². The molecule has 154 valence electrons. The Kier molecular flexibility index (Phi) is 5.49. The van der Waals surface area contributed by atoms with Crippen LogP contribution in [0.25, 0.3) is 16.7 Å². The Morgan fingerprint density at radius 1 is 0.967 bits per heavy atom. The standard InChI is InChI=1S/C22H18Cl2N2O3S/c1-3-30(27,28)17-10-7-15(8-11-17)29-16-9-12-18(23)21(13-16)26-14(2)25-22-19(24)5-4-6-20(22)26/h4-13H,3H2,1-2H3. The van der Waals surface area contributed by atoms with E-state index in [1.54, 1.807) is 49.4 Å². The molecule has 1 aromatic heterocycles. The van der Waals surface area contributed by atoms with Crippen molar-refractivity contribution in [3.8, 4) is 17.2 Å². The second kappa shape index (κ2) is 7.95. The second-order valence-electron chi connectivity index (χ2n) is 6.69. The largest absolute Gasteiger partial charge is 0.457 e. The molecule has 3 aromatic carbocycles. The monoisotopic (exact) mass is 460 g/mol. The molecule has 0 aliphatic carbocycles. The van der Waals surface area contributed by atoms with Crippen LogP contribution in [0, 0.1) is 6.92 Å². The zero-order valence-corrected chi connectivity index (χ0v) is 18.6. The number of benzene rings is 3. The number of halogens is 2. The number of nitrogens with zero attached hydrogens (tertiary/aromatic N) is 2. The van der Waals surface area contributed by atoms with Gasteiger partial charge in [-0.25, -0.2) is 13.4 Å². The highest BCUT2D eigenvalue weighted by Gasteiger charge is 2.15. The highest BCUT2D eigenvalue weighted by molar-refractivity contribution is 7.91. The average Bonchev–Trinajstić information content (AvgIpc) is 3.07. The zero-order valence-electron chi connectivity index (χ0n) is 16.3. The fourth-order valence-corrected chi connectivity index (χ4v) is 4.53. The van der Waals surface area contributed by atoms with Crippen LogP contribution in [0.3, 0.4) is 0 Å². The maximum atomic E-state index is 12.0. The molecule has 0 spiro atoms. The van der Waals surface area contributed by atoms with Gasteiger partial charge in [-0.05, 0) is 55.5 Å². The van der Waals surface area contributed by atoms with Gasteiger partial charge in [0, 0.05) is 6.07 Å². The minimum absolute atomic E-state index is 0.0516. The summed E-state index contributed by atoms with van der Waals surface area (Å²) in [5.74, 6) is 1.87. The van der Waals surface area contributed by atoms with Gasteiger partial charge in [-0.1, -0.05) is 36.2 Å². The summed E-state index contributed by atoms with van der Waals surface area (Å²) in [6.07, 6.45) is 0. The molecule has 0 amide bonds. The molecule has 0 atom stereocenters. The van der Waals surface area contributed by atoms with Crippen molar-refractivity contribution in [2.45, 2.75) is 18.7 Å². The molecule has 0 fully saturated rings. The van der Waals surface area contributed by atoms with E-state index in [-0.39, 0.29) is 10.6 Å². The summed E-state index contributed by atoms with van der Waals surface area (Å²) in [7, 11) is -3.25. The Balaban J connectivity index is 1.72. The van der Waals surface area contributed by atoms with Crippen LogP contribution in [0.15, 0.2) is 65.6 Å². The van der Waals surface area contributed by atoms with Crippen molar-refractivity contribution in [3.63, 3.8) is 0 Å². The summed E-state index contributed by atoms with van der Waals surface area (Å²) in [5, 5.41) is 1.11. The number of ether oxygens (including phenoxy) is 1. The van der Waals surface area contributed by atoms with E-state index in [4.69, 9.17) is 27.9 Å². The number of aromatic nitrogens is 2. The van der Waals surface area contributed by atoms with Crippen molar-refractivity contribution >= 4 is 44.1 Å². The predicted octanol–water partition coefficient (Wildman–Crippen LogP) is 6.23. The maximum Gasteiger partial charge on any atom is 0.178 e. The number of sulfone groups is 1. The molecular formula is C22H18Cl2N2O3S. The summed E-state index contributed by atoms with van der Waals surface area (Å²) in [5.41, 5.74) is 2.25. The first-order valence-corrected chi connectivity index (χ1v) is 11.6. The molecule has 30 heavy (non-hydrogen) atoms. The number of hydrogen-bond donors (Lipinski definition) is 0. The van der Waals surface area contributed by atoms with E-state index in [2.05, 4.69) is 4.98 Å². The molecule has 4 aromatic rings. The highest BCUT2D eigenvalue weighted by Crippen LogP contribution is 2.33. The van der Waals surface area contributed by atoms with Crippen LogP contribution in [0.2, 0.25) is 10.0 Å². The van der Waals surface area contributed by atoms with Gasteiger partial charge in [0.1, 0.15) is 22.8 Å². The topological polar surface area (TPSA) is 61.2 Å². The van der Waals surface area contributed by atoms with Crippen molar-refractivity contribution in [1.82, 2.24) is 9.55 Å². The molecule has 0 radical (unpaired) electrons. The van der Waals surface area contributed by atoms with Gasteiger partial charge in [0.25, 0.3) is 0 Å². The summed E-state index contributed by atoms with van der Waals surface area (Å²) < 4.78 is 31.8. The van der Waals surface area contributed by atoms with E-state index in [0.29, 0.717) is 32.7 Å². The molecule has 1 heterocycles. The third-order valence-electron chi connectivity index (χ3n) is 4.76. The van der Waals surface area contributed by atoms with Crippen molar-refractivity contribution < 1.29 is 13.2 Å². The molecule has 0 aliphatic rings. The van der Waals surface area contributed by atoms with Crippen LogP contribution in [0.4, 0.5) is 0 Å². The summed E-state index contributed by atoms with van der Waals surface area (Å²) >= 11 is 12.8. The minimum Gasteiger partial charge on any atom is -0.457 e. The molecule has 0 unspecified atom stereocenters. The third kappa shape index (κ3) is 3.78. The first-order valence-electron chi connectivity index (χ1n) is 9.24. The maximum absolute atomic E-state index is 12.0. The summed E-state index contributed by atoms with van der Waals surface area (Å²) in [6, 6.07) is 17.3. The molecule has 0 bridgehead atoms. The quantitative estimate of drug-likeness (QED) is 0.354. The van der Waals surface area contributed by atoms with Crippen LogP contribution in [0.1, 0.15) is 12.7 Å². The first kappa shape index (κ1) is 20.7. The van der Waals surface area contributed by atoms with Gasteiger partial charge in [0.15, 0.2) is 9.84 Å². The predicted molar refractivity (Wildman–Crippen MR) is 120 cm³/mol. The lowest BCUT2D eigenvalue weighted by Gasteiger charge is -2.13. The summed E-state index contributed by atoms with van der Waals surface area (Å²) in [4.78, 5) is 4.83. The van der Waals surface area contributed by atoms with Crippen molar-refractivity contribution in [3.05, 3.63) is 76.5 Å². The molecule has 4 rings (SSSR count). The molecule has 0 saturated carbocycles. The Morgan fingerprint density at radius 3 is 2.37 bits per heavy atom. The number of para-hydroxylation sites is 1. The van der Waals surface area contributed by atoms with Crippen molar-refractivity contribution in [2.75, 3.05) is 5.75 Å². The van der Waals surface area contributed by atoms with Gasteiger partial charge in [-0.3, -0.25) is 4.57 Å². The fourth-order valence-electron chi connectivity index (χ4n) is 3.23. The zero-order chi connectivity index (χ0) is 21.5. The van der Waals surface area contributed by atoms with E-state index < -0.39 is 9.84 Å². The molecule has 0 N–H and O–H groups in total. The molecule has 0 saturated heterocycles. The molecule has 8 heteroatoms. The van der Waals surface area contributed by atoms with Gasteiger partial charge in [0.2, 0.25) is 0 Å². The Labute approximate surface area is 184 Å². The van der Waals surface area contributed by atoms with E-state index in [9.17, 15) is 8.42 Å². The van der Waals surface area contributed by atoms with Crippen molar-refractivity contribution in [2.24, 2.45) is 0 Å². The van der Waals surface area contributed by atoms with Crippen LogP contribution >= 0.6 is 23.2 Å². The SMILES string of the molecule is CCS(=O)(=O)c1ccc(Oc2ccc(Cl)c(-n3c(C)nc4c(Cl)cccc43)c2)cc1. The van der Waals surface area contributed by atoms with Crippen LogP contribution in [-0.2, 0) is 9.84 Å². The number of aryl methyl sites for hydroxylation is 1. The smallest absolute Gasteiger partial charge is 0.178 e. The lowest BCUT2D eigenvalue weighted by atomic mass is 10.2. The Morgan fingerprint density at radius 2 is 1.67 bits per heavy atom. The molecular weight excluding hydrogens is 443 g/mol. The van der Waals surface area contributed by atoms with Crippen molar-refractivity contribution in [1.29, 1.82) is 0 Å². The summed E-state index contributed by atoms with van der Waals surface area (Å²) in [6.45, 7) is 3.50. The molecule has 5 nitrogen and oxygen atoms in total. The first-order chi connectivity index (χ1) is 14.3. The Bertz CT molecular complexity index is 1350. The fraction of sp³-hybridized carbons (Fsp3) is 0.136. The number of rotatable bonds is 5. The Hall–Kier alpha value is -2.54. The third-order valence-corrected chi connectivity index (χ3v) is 7.14. The normalized spacial score (nSPS) is 11.7. The van der Waals surface area contributed by atoms with Crippen LogP contribution in [-0.4, -0.2) is 23.7 Å². The van der Waals surface area contributed by atoms with Gasteiger partial charge >= 0.3 is 0 Å². The number of hydrogen-bond acceptors (Lipinski definition) is 4. The lowest BCUT2D eigenvalue weighted by Crippen LogP contribution is -2.03. The number of imidazole rings is 1. The average molecular weight is 461 g/mol.